The number of allylic oxidation sites excluding steroid dienone is 3. The number of hydrogen-bond acceptors (Lipinski definition) is 5. The number of unbranched alkanes of at least 4 members (excludes halogenated alkanes) is 25. The summed E-state index contributed by atoms with van der Waals surface area (Å²) in [7, 11) is -4.45. The Labute approximate surface area is 297 Å². The summed E-state index contributed by atoms with van der Waals surface area (Å²) in [5.41, 5.74) is 0. The Bertz CT molecular complexity index is 875. The SMILES string of the molecule is CCCCCCCCCCCCCC/C=C/CC/C=C/C(O)C(CS(=O)(=O)O)NC(=O)C(O)CCCCCCCCCCCCCCC. The van der Waals surface area contributed by atoms with Crippen LogP contribution in [-0.4, -0.2) is 53.1 Å². The van der Waals surface area contributed by atoms with E-state index in [9.17, 15) is 28.0 Å². The first-order chi connectivity index (χ1) is 23.2. The molecule has 3 unspecified atom stereocenters. The van der Waals surface area contributed by atoms with Crippen molar-refractivity contribution in [1.29, 1.82) is 0 Å². The molecule has 0 aliphatic rings. The van der Waals surface area contributed by atoms with Gasteiger partial charge in [-0.15, -0.1) is 0 Å². The third kappa shape index (κ3) is 33.3. The molecule has 0 bridgehead atoms. The number of aliphatic hydroxyl groups excluding tert-OH is 2. The van der Waals surface area contributed by atoms with Gasteiger partial charge in [-0.3, -0.25) is 9.35 Å². The smallest absolute Gasteiger partial charge is 0.267 e. The molecular formula is C40H77NO6S. The van der Waals surface area contributed by atoms with Crippen molar-refractivity contribution in [1.82, 2.24) is 5.32 Å². The van der Waals surface area contributed by atoms with Gasteiger partial charge in [-0.1, -0.05) is 192 Å². The Morgan fingerprint density at radius 3 is 1.38 bits per heavy atom. The third-order valence-corrected chi connectivity index (χ3v) is 10.0. The number of rotatable bonds is 36. The van der Waals surface area contributed by atoms with E-state index in [1.807, 2.05) is 0 Å². The molecule has 0 aromatic rings. The molecule has 0 rings (SSSR count). The van der Waals surface area contributed by atoms with Crippen LogP contribution in [0.4, 0.5) is 0 Å². The largest absolute Gasteiger partial charge is 0.387 e. The molecule has 0 spiro atoms. The van der Waals surface area contributed by atoms with Crippen molar-refractivity contribution in [2.45, 2.75) is 218 Å². The molecule has 0 radical (unpaired) electrons. The van der Waals surface area contributed by atoms with E-state index in [0.717, 1.165) is 32.1 Å². The van der Waals surface area contributed by atoms with E-state index in [4.69, 9.17) is 0 Å². The minimum atomic E-state index is -4.45. The van der Waals surface area contributed by atoms with Gasteiger partial charge in [-0.25, -0.2) is 0 Å². The Balaban J connectivity index is 4.09. The maximum Gasteiger partial charge on any atom is 0.267 e. The van der Waals surface area contributed by atoms with E-state index in [1.54, 1.807) is 6.08 Å². The number of carbonyl (C=O) groups excluding carboxylic acids is 1. The van der Waals surface area contributed by atoms with Crippen molar-refractivity contribution in [3.8, 4) is 0 Å². The van der Waals surface area contributed by atoms with E-state index >= 15 is 0 Å². The molecule has 0 aromatic heterocycles. The standard InChI is InChI=1S/C40H77NO6S/c1-3-5-7-9-11-13-15-17-18-19-20-21-23-24-26-28-30-32-34-38(42)37(36-48(45,46)47)41-40(44)39(43)35-33-31-29-27-25-22-16-14-12-10-8-6-4-2/h24,26,32,34,37-39,42-43H,3-23,25,27-31,33,35-36H2,1-2H3,(H,41,44)(H,45,46,47)/b26-24+,34-32+. The van der Waals surface area contributed by atoms with Crippen molar-refractivity contribution in [3.05, 3.63) is 24.3 Å². The van der Waals surface area contributed by atoms with E-state index in [0.29, 0.717) is 12.8 Å². The summed E-state index contributed by atoms with van der Waals surface area (Å²) in [6.45, 7) is 4.50. The molecule has 284 valence electrons. The van der Waals surface area contributed by atoms with Crippen LogP contribution in [0, 0.1) is 0 Å². The van der Waals surface area contributed by atoms with Crippen LogP contribution >= 0.6 is 0 Å². The molecule has 0 saturated heterocycles. The van der Waals surface area contributed by atoms with Crippen molar-refractivity contribution >= 4 is 16.0 Å². The molecule has 0 fully saturated rings. The predicted octanol–water partition coefficient (Wildman–Crippen LogP) is 10.5. The highest BCUT2D eigenvalue weighted by Crippen LogP contribution is 2.15. The lowest BCUT2D eigenvalue weighted by Gasteiger charge is -2.22. The lowest BCUT2D eigenvalue weighted by atomic mass is 10.0. The molecule has 0 aromatic carbocycles. The van der Waals surface area contributed by atoms with E-state index in [-0.39, 0.29) is 6.42 Å². The van der Waals surface area contributed by atoms with Gasteiger partial charge in [0, 0.05) is 0 Å². The monoisotopic (exact) mass is 700 g/mol. The van der Waals surface area contributed by atoms with Crippen LogP contribution in [0.25, 0.3) is 0 Å². The number of aliphatic hydroxyl groups is 2. The van der Waals surface area contributed by atoms with Crippen molar-refractivity contribution in [2.75, 3.05) is 5.75 Å². The molecule has 0 aliphatic carbocycles. The van der Waals surface area contributed by atoms with Gasteiger partial charge in [0.15, 0.2) is 0 Å². The maximum absolute atomic E-state index is 12.6. The van der Waals surface area contributed by atoms with E-state index in [2.05, 4.69) is 31.3 Å². The minimum Gasteiger partial charge on any atom is -0.387 e. The molecule has 4 N–H and O–H groups in total. The Morgan fingerprint density at radius 2 is 0.938 bits per heavy atom. The predicted molar refractivity (Wildman–Crippen MR) is 204 cm³/mol. The Kier molecular flexibility index (Phi) is 33.4. The topological polar surface area (TPSA) is 124 Å². The first kappa shape index (κ1) is 46.8. The van der Waals surface area contributed by atoms with Crippen molar-refractivity contribution in [2.24, 2.45) is 0 Å². The van der Waals surface area contributed by atoms with Crippen LogP contribution < -0.4 is 5.32 Å². The fourth-order valence-electron chi connectivity index (χ4n) is 6.12. The molecule has 0 heterocycles. The first-order valence-electron chi connectivity index (χ1n) is 20.1. The normalized spacial score (nSPS) is 14.2. The highest BCUT2D eigenvalue weighted by atomic mass is 32.2. The van der Waals surface area contributed by atoms with Gasteiger partial charge in [0.1, 0.15) is 6.10 Å². The highest BCUT2D eigenvalue weighted by Gasteiger charge is 2.27. The van der Waals surface area contributed by atoms with Crippen LogP contribution in [0.15, 0.2) is 24.3 Å². The lowest BCUT2D eigenvalue weighted by Crippen LogP contribution is -2.50. The maximum atomic E-state index is 12.6. The van der Waals surface area contributed by atoms with Gasteiger partial charge < -0.3 is 15.5 Å². The van der Waals surface area contributed by atoms with Crippen molar-refractivity contribution in [3.63, 3.8) is 0 Å². The van der Waals surface area contributed by atoms with Gasteiger partial charge in [0.2, 0.25) is 5.91 Å². The molecule has 7 nitrogen and oxygen atoms in total. The average Bonchev–Trinajstić information content (AvgIpc) is 3.05. The zero-order chi connectivity index (χ0) is 35.6. The van der Waals surface area contributed by atoms with E-state index in [1.165, 1.54) is 141 Å². The van der Waals surface area contributed by atoms with Gasteiger partial charge >= 0.3 is 0 Å². The molecule has 0 aliphatic heterocycles. The molecule has 1 amide bonds. The third-order valence-electron chi connectivity index (χ3n) is 9.24. The lowest BCUT2D eigenvalue weighted by molar-refractivity contribution is -0.130. The van der Waals surface area contributed by atoms with Gasteiger partial charge in [-0.2, -0.15) is 8.42 Å². The second-order valence-corrected chi connectivity index (χ2v) is 15.6. The van der Waals surface area contributed by atoms with Gasteiger partial charge in [0.05, 0.1) is 17.9 Å². The fraction of sp³-hybridized carbons (Fsp3) is 0.875. The molecule has 3 atom stereocenters. The Hall–Kier alpha value is -1.22. The molecule has 8 heteroatoms. The van der Waals surface area contributed by atoms with Crippen LogP contribution in [0.5, 0.6) is 0 Å². The second kappa shape index (κ2) is 34.2. The Morgan fingerprint density at radius 1 is 0.562 bits per heavy atom. The summed E-state index contributed by atoms with van der Waals surface area (Å²) in [6, 6.07) is -1.24. The number of nitrogens with one attached hydrogen (secondary N) is 1. The number of carbonyl (C=O) groups is 1. The van der Waals surface area contributed by atoms with Crippen LogP contribution in [-0.2, 0) is 14.9 Å². The first-order valence-corrected chi connectivity index (χ1v) is 21.8. The summed E-state index contributed by atoms with van der Waals surface area (Å²) >= 11 is 0. The zero-order valence-corrected chi connectivity index (χ0v) is 32.0. The molecule has 48 heavy (non-hydrogen) atoms. The van der Waals surface area contributed by atoms with E-state index < -0.39 is 40.0 Å². The van der Waals surface area contributed by atoms with Gasteiger partial charge in [0.25, 0.3) is 10.1 Å². The molecular weight excluding hydrogens is 623 g/mol. The van der Waals surface area contributed by atoms with Crippen molar-refractivity contribution < 1.29 is 28.0 Å². The van der Waals surface area contributed by atoms with Crippen LogP contribution in [0.2, 0.25) is 0 Å². The highest BCUT2D eigenvalue weighted by molar-refractivity contribution is 7.85. The fourth-order valence-corrected chi connectivity index (χ4v) is 6.85. The van der Waals surface area contributed by atoms with Gasteiger partial charge in [-0.05, 0) is 32.1 Å². The summed E-state index contributed by atoms with van der Waals surface area (Å²) in [6.07, 6.45) is 39.5. The summed E-state index contributed by atoms with van der Waals surface area (Å²) in [4.78, 5) is 12.6. The second-order valence-electron chi connectivity index (χ2n) is 14.1. The summed E-state index contributed by atoms with van der Waals surface area (Å²) < 4.78 is 32.5. The quantitative estimate of drug-likeness (QED) is 0.0293. The average molecular weight is 700 g/mol. The molecule has 0 saturated carbocycles. The number of amides is 1. The van der Waals surface area contributed by atoms with Crippen LogP contribution in [0.1, 0.15) is 200 Å². The summed E-state index contributed by atoms with van der Waals surface area (Å²) in [5, 5.41) is 23.3. The van der Waals surface area contributed by atoms with Crippen LogP contribution in [0.3, 0.4) is 0 Å². The summed E-state index contributed by atoms with van der Waals surface area (Å²) in [5.74, 6) is -1.55. The zero-order valence-electron chi connectivity index (χ0n) is 31.2. The minimum absolute atomic E-state index is 0.277. The number of hydrogen-bond donors (Lipinski definition) is 4.